The summed E-state index contributed by atoms with van der Waals surface area (Å²) in [5, 5.41) is 0.319. The second-order valence-electron chi connectivity index (χ2n) is 11.1. The molecule has 0 N–H and O–H groups in total. The zero-order chi connectivity index (χ0) is 32.0. The molecule has 0 atom stereocenters. The van der Waals surface area contributed by atoms with Gasteiger partial charge in [0.15, 0.2) is 11.6 Å². The molecule has 1 aliphatic rings. The first-order valence-corrected chi connectivity index (χ1v) is 15.5. The predicted octanol–water partition coefficient (Wildman–Crippen LogP) is 6.03. The molecule has 3 heterocycles. The molecule has 1 aliphatic heterocycles. The van der Waals surface area contributed by atoms with Gasteiger partial charge in [0.2, 0.25) is 0 Å². The van der Waals surface area contributed by atoms with Crippen molar-refractivity contribution in [2.45, 2.75) is 52.1 Å². The van der Waals surface area contributed by atoms with Crippen LogP contribution >= 0.6 is 11.6 Å². The fraction of sp³-hybridized carbons (Fsp3) is 0.294. The van der Waals surface area contributed by atoms with E-state index in [0.717, 1.165) is 66.3 Å². The number of rotatable bonds is 12. The summed E-state index contributed by atoms with van der Waals surface area (Å²) in [6.45, 7) is 5.95. The summed E-state index contributed by atoms with van der Waals surface area (Å²) in [7, 11) is 0. The molecule has 1 saturated heterocycles. The Morgan fingerprint density at radius 3 is 2.72 bits per heavy atom. The average molecular weight is 646 g/mol. The number of carbonyl (C=O) groups excluding carboxylic acids is 2. The number of ether oxygens (including phenoxy) is 3. The van der Waals surface area contributed by atoms with Crippen molar-refractivity contribution in [2.75, 3.05) is 13.1 Å². The van der Waals surface area contributed by atoms with E-state index < -0.39 is 11.8 Å². The highest BCUT2D eigenvalue weighted by molar-refractivity contribution is 6.30. The lowest BCUT2D eigenvalue weighted by Gasteiger charge is -2.32. The van der Waals surface area contributed by atoms with E-state index in [4.69, 9.17) is 26.1 Å². The summed E-state index contributed by atoms with van der Waals surface area (Å²) < 4.78 is 34.8. The van der Waals surface area contributed by atoms with Crippen LogP contribution in [0, 0.1) is 5.82 Å². The van der Waals surface area contributed by atoms with E-state index in [1.165, 1.54) is 12.1 Å². The number of esters is 1. The fourth-order valence-electron chi connectivity index (χ4n) is 5.67. The van der Waals surface area contributed by atoms with Crippen LogP contribution in [0.2, 0.25) is 5.02 Å². The van der Waals surface area contributed by atoms with Crippen molar-refractivity contribution in [2.24, 2.45) is 0 Å². The van der Waals surface area contributed by atoms with E-state index in [0.29, 0.717) is 18.1 Å². The topological polar surface area (TPSA) is 101 Å². The monoisotopic (exact) mass is 645 g/mol. The molecule has 2 aromatic heterocycles. The molecule has 12 heteroatoms. The molecule has 3 aromatic carbocycles. The van der Waals surface area contributed by atoms with Crippen LogP contribution < -0.4 is 9.47 Å². The second kappa shape index (κ2) is 14.1. The Balaban J connectivity index is 1.11. The normalized spacial score (nSPS) is 14.0. The van der Waals surface area contributed by atoms with Gasteiger partial charge in [0.05, 0.1) is 41.7 Å². The molecule has 238 valence electrons. The Hall–Kier alpha value is -4.74. The number of piperidine rings is 1. The number of hydrogen-bond acceptors (Lipinski definition) is 8. The number of halogens is 2. The fourth-order valence-corrected chi connectivity index (χ4v) is 5.83. The molecule has 0 unspecified atom stereocenters. The Labute approximate surface area is 270 Å². The molecule has 0 bridgehead atoms. The van der Waals surface area contributed by atoms with Crippen LogP contribution in [0.1, 0.15) is 47.2 Å². The molecule has 6 rings (SSSR count). The summed E-state index contributed by atoms with van der Waals surface area (Å²) >= 11 is 5.83. The van der Waals surface area contributed by atoms with Gasteiger partial charge in [-0.15, -0.1) is 0 Å². The maximum Gasteiger partial charge on any atom is 0.345 e. The van der Waals surface area contributed by atoms with Crippen molar-refractivity contribution >= 4 is 35.1 Å². The highest BCUT2D eigenvalue weighted by atomic mass is 35.5. The second-order valence-corrected chi connectivity index (χ2v) is 11.5. The van der Waals surface area contributed by atoms with Gasteiger partial charge in [-0.25, -0.2) is 19.2 Å². The number of benzene rings is 3. The van der Waals surface area contributed by atoms with E-state index in [1.54, 1.807) is 30.6 Å². The molecular weight excluding hydrogens is 613 g/mol. The Morgan fingerprint density at radius 2 is 1.93 bits per heavy atom. The number of imidazole rings is 2. The van der Waals surface area contributed by atoms with E-state index in [1.807, 2.05) is 30.5 Å². The molecule has 10 nitrogen and oxygen atoms in total. The van der Waals surface area contributed by atoms with Crippen molar-refractivity contribution in [3.05, 3.63) is 107 Å². The Morgan fingerprint density at radius 1 is 1.09 bits per heavy atom. The summed E-state index contributed by atoms with van der Waals surface area (Å²) in [4.78, 5) is 34.6. The van der Waals surface area contributed by atoms with Crippen molar-refractivity contribution in [1.29, 1.82) is 0 Å². The van der Waals surface area contributed by atoms with Crippen LogP contribution in [-0.4, -0.2) is 55.6 Å². The lowest BCUT2D eigenvalue weighted by Crippen LogP contribution is -2.38. The van der Waals surface area contributed by atoms with Gasteiger partial charge >= 0.3 is 12.4 Å². The average Bonchev–Trinajstić information content (AvgIpc) is 3.65. The highest BCUT2D eigenvalue weighted by Gasteiger charge is 2.24. The minimum Gasteiger partial charge on any atom is -0.490 e. The van der Waals surface area contributed by atoms with Gasteiger partial charge in [-0.2, -0.15) is 0 Å². The molecule has 1 fully saturated rings. The minimum absolute atomic E-state index is 0.0465. The molecule has 5 aromatic rings. The Kier molecular flexibility index (Phi) is 9.60. The third-order valence-corrected chi connectivity index (χ3v) is 8.30. The maximum atomic E-state index is 14.1. The quantitative estimate of drug-likeness (QED) is 0.0921. The summed E-state index contributed by atoms with van der Waals surface area (Å²) in [5.41, 5.74) is 3.69. The van der Waals surface area contributed by atoms with Crippen molar-refractivity contribution < 1.29 is 28.2 Å². The number of nitrogens with zero attached hydrogens (tertiary/aromatic N) is 5. The van der Waals surface area contributed by atoms with E-state index >= 15 is 0 Å². The van der Waals surface area contributed by atoms with Gasteiger partial charge in [0, 0.05) is 30.9 Å². The summed E-state index contributed by atoms with van der Waals surface area (Å²) in [5.74, 6) is 0.547. The largest absolute Gasteiger partial charge is 0.490 e. The molecular formula is C34H33ClFN5O5. The molecule has 0 saturated carbocycles. The van der Waals surface area contributed by atoms with Gasteiger partial charge in [0.25, 0.3) is 0 Å². The predicted molar refractivity (Wildman–Crippen MR) is 169 cm³/mol. The standard InChI is InChI=1S/C34H33ClFN5O5/c1-2-40-21-37-17-26(40)18-41-31-15-24(34(43)45-22-42)6-8-30(31)38-33(41)19-39-12-10-27(11-13-39)46-28-5-3-4-23(14-28)20-44-32-9-7-25(35)16-29(32)36/h3-9,14-17,21-22,27H,2,10-13,18-20H2,1H3. The number of fused-ring (bicyclic) bond motifs is 1. The van der Waals surface area contributed by atoms with Crippen LogP contribution in [0.3, 0.4) is 0 Å². The highest BCUT2D eigenvalue weighted by Crippen LogP contribution is 2.26. The zero-order valence-electron chi connectivity index (χ0n) is 25.3. The number of carbonyl (C=O) groups is 2. The van der Waals surface area contributed by atoms with Gasteiger partial charge in [0.1, 0.15) is 24.3 Å². The number of likely N-dealkylation sites (tertiary alicyclic amines) is 1. The smallest absolute Gasteiger partial charge is 0.345 e. The molecule has 0 radical (unpaired) electrons. The van der Waals surface area contributed by atoms with Crippen molar-refractivity contribution in [3.8, 4) is 11.5 Å². The molecule has 0 amide bonds. The van der Waals surface area contributed by atoms with E-state index in [9.17, 15) is 14.0 Å². The zero-order valence-corrected chi connectivity index (χ0v) is 26.0. The molecule has 0 spiro atoms. The van der Waals surface area contributed by atoms with Gasteiger partial charge < -0.3 is 23.3 Å². The maximum absolute atomic E-state index is 14.1. The van der Waals surface area contributed by atoms with Crippen molar-refractivity contribution in [1.82, 2.24) is 24.0 Å². The Bertz CT molecular complexity index is 1850. The number of aryl methyl sites for hydroxylation is 1. The summed E-state index contributed by atoms with van der Waals surface area (Å²) in [6, 6.07) is 17.1. The van der Waals surface area contributed by atoms with Gasteiger partial charge in [-0.05, 0) is 73.9 Å². The first kappa shape index (κ1) is 31.3. The third-order valence-electron chi connectivity index (χ3n) is 8.07. The lowest BCUT2D eigenvalue weighted by atomic mass is 10.1. The lowest BCUT2D eigenvalue weighted by molar-refractivity contribution is -0.123. The molecule has 46 heavy (non-hydrogen) atoms. The van der Waals surface area contributed by atoms with Crippen LogP contribution in [0.5, 0.6) is 11.5 Å². The van der Waals surface area contributed by atoms with Crippen LogP contribution in [0.25, 0.3) is 11.0 Å². The van der Waals surface area contributed by atoms with Crippen LogP contribution in [0.4, 0.5) is 4.39 Å². The van der Waals surface area contributed by atoms with Crippen LogP contribution in [0.15, 0.2) is 73.2 Å². The minimum atomic E-state index is -0.708. The summed E-state index contributed by atoms with van der Waals surface area (Å²) in [6.07, 6.45) is 5.35. The van der Waals surface area contributed by atoms with Gasteiger partial charge in [-0.1, -0.05) is 23.7 Å². The first-order chi connectivity index (χ1) is 22.4. The first-order valence-electron chi connectivity index (χ1n) is 15.1. The SMILES string of the molecule is CCn1cncc1Cn1c(CN2CCC(Oc3cccc(COc4ccc(Cl)cc4F)c3)CC2)nc2ccc(C(=O)OC=O)cc21. The third kappa shape index (κ3) is 7.21. The van der Waals surface area contributed by atoms with E-state index in [2.05, 4.69) is 30.7 Å². The number of hydrogen-bond donors (Lipinski definition) is 0. The van der Waals surface area contributed by atoms with E-state index in [-0.39, 0.29) is 30.5 Å². The van der Waals surface area contributed by atoms with Crippen molar-refractivity contribution in [3.63, 3.8) is 0 Å². The van der Waals surface area contributed by atoms with Gasteiger partial charge in [-0.3, -0.25) is 9.69 Å². The van der Waals surface area contributed by atoms with Crippen LogP contribution in [-0.2, 0) is 35.8 Å². The number of aromatic nitrogens is 4. The molecule has 0 aliphatic carbocycles.